The molecule has 9 nitrogen and oxygen atoms in total. The fraction of sp³-hybridized carbons (Fsp3) is 0.200. The zero-order valence-electron chi connectivity index (χ0n) is 22.7. The van der Waals surface area contributed by atoms with E-state index in [1.807, 2.05) is 55.5 Å². The lowest BCUT2D eigenvalue weighted by molar-refractivity contribution is -0.125. The molecule has 1 aliphatic rings. The molecule has 0 radical (unpaired) electrons. The summed E-state index contributed by atoms with van der Waals surface area (Å²) in [5.41, 5.74) is 1.99. The normalized spacial score (nSPS) is 17.0. The number of carbonyl (C=O) groups is 1. The largest absolute Gasteiger partial charge is 0.511 e. The number of β-amino-alcohol motifs (C(OH)–C–C–N with tert-alkyl or cyclic N) is 1. The summed E-state index contributed by atoms with van der Waals surface area (Å²) < 4.78 is 7.93. The quantitative estimate of drug-likeness (QED) is 0.274. The third-order valence-corrected chi connectivity index (χ3v) is 8.32. The summed E-state index contributed by atoms with van der Waals surface area (Å²) in [5.74, 6) is 0.746. The van der Waals surface area contributed by atoms with Crippen molar-refractivity contribution in [2.75, 3.05) is 13.1 Å². The van der Waals surface area contributed by atoms with Crippen molar-refractivity contribution < 1.29 is 19.7 Å². The first kappa shape index (κ1) is 31.1. The first-order chi connectivity index (χ1) is 19.3. The van der Waals surface area contributed by atoms with E-state index in [2.05, 4.69) is 16.5 Å². The van der Waals surface area contributed by atoms with Crippen LogP contribution in [0.4, 0.5) is 0 Å². The predicted octanol–water partition coefficient (Wildman–Crippen LogP) is 4.10. The van der Waals surface area contributed by atoms with Crippen LogP contribution in [0.25, 0.3) is 32.7 Å². The summed E-state index contributed by atoms with van der Waals surface area (Å²) in [7, 11) is 0. The van der Waals surface area contributed by atoms with E-state index in [0.717, 1.165) is 5.56 Å². The molecule has 12 heteroatoms. The zero-order chi connectivity index (χ0) is 28.0. The first-order valence-electron chi connectivity index (χ1n) is 12.8. The Kier molecular flexibility index (Phi) is 9.31. The monoisotopic (exact) mass is 622 g/mol. The highest BCUT2D eigenvalue weighted by molar-refractivity contribution is 7.59. The molecule has 42 heavy (non-hydrogen) atoms. The van der Waals surface area contributed by atoms with Gasteiger partial charge in [-0.2, -0.15) is 32.0 Å². The Labute approximate surface area is 259 Å². The van der Waals surface area contributed by atoms with Gasteiger partial charge < -0.3 is 19.8 Å². The van der Waals surface area contributed by atoms with Crippen LogP contribution in [-0.2, 0) is 4.79 Å². The highest BCUT2D eigenvalue weighted by Crippen LogP contribution is 2.31. The molecule has 2 N–H and O–H groups in total. The van der Waals surface area contributed by atoms with E-state index in [4.69, 9.17) is 4.74 Å². The van der Waals surface area contributed by atoms with Crippen LogP contribution in [0, 0.1) is 12.8 Å². The van der Waals surface area contributed by atoms with Crippen molar-refractivity contribution in [2.24, 2.45) is 5.92 Å². The second-order valence-corrected chi connectivity index (χ2v) is 10.8. The number of rotatable bonds is 6. The molecule has 0 aliphatic carbocycles. The number of pyridine rings is 1. The minimum absolute atomic E-state index is 0. The highest BCUT2D eigenvalue weighted by atomic mass is 32.1. The van der Waals surface area contributed by atoms with E-state index >= 15 is 0 Å². The number of ether oxygens (including phenoxy) is 1. The lowest BCUT2D eigenvalue weighted by atomic mass is 10.0. The van der Waals surface area contributed by atoms with Crippen LogP contribution >= 0.6 is 38.3 Å². The molecule has 0 unspecified atom stereocenters. The predicted molar refractivity (Wildman–Crippen MR) is 175 cm³/mol. The molecule has 1 aliphatic heterocycles. The van der Waals surface area contributed by atoms with Gasteiger partial charge in [-0.1, -0.05) is 24.8 Å². The minimum Gasteiger partial charge on any atom is -0.511 e. The molecule has 1 fully saturated rings. The number of carbonyl (C=O) groups excluding carboxylic acids is 1. The van der Waals surface area contributed by atoms with Gasteiger partial charge in [0.25, 0.3) is 0 Å². The number of nitrogens with zero attached hydrogens (tertiary/aromatic N) is 4. The van der Waals surface area contributed by atoms with Gasteiger partial charge in [-0.3, -0.25) is 9.36 Å². The van der Waals surface area contributed by atoms with Gasteiger partial charge in [0, 0.05) is 31.6 Å². The molecule has 6 rings (SSSR count). The standard InChI is InChI=1S/C30H26N4O5S.2H2S/c1-3-25(37)33-15-18(24(36)16-33)14-23(35)28-27-26-22(11-12-31-29(26)40-28)34(30(38)32-27)21-10-9-20(13-17(21)2)39-19-7-5-4-6-8-19;;/h3-13,18,24,35-36H,1,14-16H2,2H3;2*1H2/t18-,24-;;/m0../s1. The number of likely N-dealkylation sites (tertiary alicyclic amines) is 1. The van der Waals surface area contributed by atoms with Crippen LogP contribution in [0.1, 0.15) is 12.0 Å². The molecule has 0 saturated carbocycles. The van der Waals surface area contributed by atoms with Gasteiger partial charge in [0.15, 0.2) is 0 Å². The topological polar surface area (TPSA) is 118 Å². The molecule has 5 aromatic rings. The fourth-order valence-electron chi connectivity index (χ4n) is 5.23. The van der Waals surface area contributed by atoms with Gasteiger partial charge in [0.1, 0.15) is 27.6 Å². The van der Waals surface area contributed by atoms with Crippen molar-refractivity contribution in [3.05, 3.63) is 94.0 Å². The molecule has 2 aromatic carbocycles. The second kappa shape index (κ2) is 12.6. The molecule has 0 spiro atoms. The van der Waals surface area contributed by atoms with Crippen LogP contribution in [0.15, 0.2) is 78.2 Å². The Morgan fingerprint density at radius 2 is 1.90 bits per heavy atom. The maximum absolute atomic E-state index is 13.5. The van der Waals surface area contributed by atoms with Crippen molar-refractivity contribution in [1.29, 1.82) is 0 Å². The molecule has 0 bridgehead atoms. The Morgan fingerprint density at radius 1 is 1.14 bits per heavy atom. The number of para-hydroxylation sites is 1. The van der Waals surface area contributed by atoms with Crippen molar-refractivity contribution in [3.8, 4) is 17.2 Å². The fourth-order valence-corrected chi connectivity index (χ4v) is 6.29. The molecule has 3 aromatic heterocycles. The Bertz CT molecular complexity index is 1890. The van der Waals surface area contributed by atoms with Gasteiger partial charge in [-0.05, 0) is 55.0 Å². The lowest BCUT2D eigenvalue weighted by Gasteiger charge is -2.14. The highest BCUT2D eigenvalue weighted by Gasteiger charge is 2.34. The number of aliphatic hydroxyl groups excluding tert-OH is 2. The average molecular weight is 623 g/mol. The number of hydrogen-bond acceptors (Lipinski definition) is 8. The number of hydrogen-bond donors (Lipinski definition) is 2. The lowest BCUT2D eigenvalue weighted by Crippen LogP contribution is -2.27. The van der Waals surface area contributed by atoms with E-state index in [1.165, 1.54) is 22.3 Å². The summed E-state index contributed by atoms with van der Waals surface area (Å²) in [6.45, 7) is 5.88. The Hall–Kier alpha value is -3.84. The minimum atomic E-state index is -0.781. The van der Waals surface area contributed by atoms with Gasteiger partial charge in [-0.25, -0.2) is 9.78 Å². The summed E-state index contributed by atoms with van der Waals surface area (Å²) in [6.07, 6.45) is 2.19. The smallest absolute Gasteiger partial charge is 0.353 e. The van der Waals surface area contributed by atoms with Gasteiger partial charge in [0.05, 0.1) is 27.2 Å². The number of aliphatic hydroxyl groups is 2. The first-order valence-corrected chi connectivity index (χ1v) is 13.6. The van der Waals surface area contributed by atoms with E-state index < -0.39 is 11.8 Å². The van der Waals surface area contributed by atoms with Crippen molar-refractivity contribution in [2.45, 2.75) is 19.4 Å². The van der Waals surface area contributed by atoms with E-state index in [9.17, 15) is 19.8 Å². The molecule has 1 amide bonds. The van der Waals surface area contributed by atoms with Crippen LogP contribution < -0.4 is 15.0 Å². The number of amides is 1. The number of thiophene rings is 1. The summed E-state index contributed by atoms with van der Waals surface area (Å²) in [4.78, 5) is 36.5. The average Bonchev–Trinajstić information content (AvgIpc) is 3.50. The van der Waals surface area contributed by atoms with Gasteiger partial charge >= 0.3 is 5.69 Å². The number of aromatic nitrogens is 3. The zero-order valence-corrected chi connectivity index (χ0v) is 25.5. The second-order valence-electron chi connectivity index (χ2n) is 9.81. The third kappa shape index (κ3) is 5.62. The summed E-state index contributed by atoms with van der Waals surface area (Å²) >= 11 is 1.24. The van der Waals surface area contributed by atoms with Crippen LogP contribution in [0.3, 0.4) is 0 Å². The maximum Gasteiger partial charge on any atom is 0.353 e. The Morgan fingerprint density at radius 3 is 2.62 bits per heavy atom. The molecule has 218 valence electrons. The molecule has 1 saturated heterocycles. The summed E-state index contributed by atoms with van der Waals surface area (Å²) in [6, 6.07) is 16.7. The van der Waals surface area contributed by atoms with E-state index in [-0.39, 0.29) is 57.5 Å². The van der Waals surface area contributed by atoms with E-state index in [0.29, 0.717) is 49.5 Å². The number of aryl methyl sites for hydroxylation is 1. The number of benzene rings is 2. The van der Waals surface area contributed by atoms with Gasteiger partial charge in [-0.15, -0.1) is 11.3 Å². The van der Waals surface area contributed by atoms with Crippen LogP contribution in [-0.4, -0.2) is 54.7 Å². The van der Waals surface area contributed by atoms with Gasteiger partial charge in [0.2, 0.25) is 5.91 Å². The third-order valence-electron chi connectivity index (χ3n) is 7.18. The molecule has 2 atom stereocenters. The molecular weight excluding hydrogens is 593 g/mol. The van der Waals surface area contributed by atoms with Crippen molar-refractivity contribution >= 4 is 71.2 Å². The van der Waals surface area contributed by atoms with Crippen LogP contribution in [0.5, 0.6) is 11.5 Å². The SMILES string of the molecule is C=CC(=O)N1C[C@H](CC(O)=c2sc3nccc4c3c2nc(=O)n4-c2ccc(Oc3ccccc3)cc2C)[C@@H](O)C1.S.S. The van der Waals surface area contributed by atoms with Crippen LogP contribution in [0.2, 0.25) is 0 Å². The maximum atomic E-state index is 13.5. The molecular formula is C30H30N4O5S3. The molecule has 4 heterocycles. The summed E-state index contributed by atoms with van der Waals surface area (Å²) in [5, 5.41) is 22.3. The van der Waals surface area contributed by atoms with Crippen molar-refractivity contribution in [3.63, 3.8) is 0 Å². The van der Waals surface area contributed by atoms with Crippen molar-refractivity contribution in [1.82, 2.24) is 19.4 Å². The Balaban J connectivity index is 0.00000202. The van der Waals surface area contributed by atoms with E-state index in [1.54, 1.807) is 16.8 Å².